The van der Waals surface area contributed by atoms with Crippen molar-refractivity contribution in [2.75, 3.05) is 0 Å². The van der Waals surface area contributed by atoms with E-state index in [2.05, 4.69) is 33.8 Å². The van der Waals surface area contributed by atoms with E-state index >= 15 is 0 Å². The van der Waals surface area contributed by atoms with Gasteiger partial charge >= 0.3 is 0 Å². The second kappa shape index (κ2) is 4.20. The summed E-state index contributed by atoms with van der Waals surface area (Å²) in [4.78, 5) is 4.36. The van der Waals surface area contributed by atoms with Gasteiger partial charge in [-0.15, -0.1) is 0 Å². The minimum absolute atomic E-state index is 0.149. The summed E-state index contributed by atoms with van der Waals surface area (Å²) in [7, 11) is 0. The summed E-state index contributed by atoms with van der Waals surface area (Å²) in [5.74, 6) is 1.53. The number of aromatic nitrogens is 2. The molecule has 0 unspecified atom stereocenters. The number of benzene rings is 1. The highest BCUT2D eigenvalue weighted by atomic mass is 16.3. The number of hydrogen-bond acceptors (Lipinski definition) is 2. The third-order valence-corrected chi connectivity index (χ3v) is 6.12. The molecule has 1 aromatic heterocycles. The van der Waals surface area contributed by atoms with Gasteiger partial charge < -0.3 is 9.67 Å². The fraction of sp³-hybridized carbons (Fsp3) is 0.500. The van der Waals surface area contributed by atoms with Crippen LogP contribution < -0.4 is 0 Å². The van der Waals surface area contributed by atoms with Crippen LogP contribution in [0.2, 0.25) is 0 Å². The zero-order valence-electron chi connectivity index (χ0n) is 12.0. The van der Waals surface area contributed by atoms with E-state index in [4.69, 9.17) is 0 Å². The van der Waals surface area contributed by atoms with Crippen LogP contribution in [0.4, 0.5) is 0 Å². The average Bonchev–Trinajstić information content (AvgIpc) is 3.10. The SMILES string of the molecule is O[C@H]1C2CCC(CC2)[C@H]1[C@@H]1c2ccccc2-c2cncn21. The molecule has 3 atom stereocenters. The third-order valence-electron chi connectivity index (χ3n) is 6.12. The number of rotatable bonds is 1. The van der Waals surface area contributed by atoms with Crippen molar-refractivity contribution in [3.8, 4) is 11.3 Å². The van der Waals surface area contributed by atoms with Crippen LogP contribution >= 0.6 is 0 Å². The Bertz CT molecular complexity index is 682. The van der Waals surface area contributed by atoms with Crippen molar-refractivity contribution < 1.29 is 5.11 Å². The quantitative estimate of drug-likeness (QED) is 0.870. The molecule has 0 radical (unpaired) electrons. The zero-order chi connectivity index (χ0) is 14.0. The lowest BCUT2D eigenvalue weighted by molar-refractivity contribution is -0.0693. The van der Waals surface area contributed by atoms with E-state index in [1.165, 1.54) is 42.5 Å². The molecule has 3 saturated carbocycles. The van der Waals surface area contributed by atoms with Crippen molar-refractivity contribution in [1.29, 1.82) is 0 Å². The molecular weight excluding hydrogens is 260 g/mol. The van der Waals surface area contributed by atoms with Crippen LogP contribution in [0, 0.1) is 17.8 Å². The van der Waals surface area contributed by atoms with Gasteiger partial charge in [-0.2, -0.15) is 0 Å². The fourth-order valence-electron chi connectivity index (χ4n) is 5.17. The maximum absolute atomic E-state index is 10.9. The van der Waals surface area contributed by atoms with Gasteiger partial charge in [0.1, 0.15) is 0 Å². The summed E-state index contributed by atoms with van der Waals surface area (Å²) in [5.41, 5.74) is 3.89. The number of hydrogen-bond donors (Lipinski definition) is 1. The molecule has 2 bridgehead atoms. The van der Waals surface area contributed by atoms with Gasteiger partial charge in [-0.1, -0.05) is 24.3 Å². The number of imidazole rings is 1. The summed E-state index contributed by atoms with van der Waals surface area (Å²) >= 11 is 0. The molecule has 4 aliphatic rings. The lowest BCUT2D eigenvalue weighted by Crippen LogP contribution is -2.47. The molecule has 3 heteroatoms. The average molecular weight is 280 g/mol. The van der Waals surface area contributed by atoms with Crippen molar-refractivity contribution in [2.45, 2.75) is 37.8 Å². The Hall–Kier alpha value is -1.61. The smallest absolute Gasteiger partial charge is 0.0956 e. The molecule has 0 saturated heterocycles. The molecule has 3 fully saturated rings. The minimum atomic E-state index is -0.149. The van der Waals surface area contributed by atoms with Crippen molar-refractivity contribution in [3.63, 3.8) is 0 Å². The van der Waals surface area contributed by atoms with Crippen LogP contribution in [-0.2, 0) is 0 Å². The van der Waals surface area contributed by atoms with Crippen LogP contribution in [0.3, 0.4) is 0 Å². The first kappa shape index (κ1) is 12.0. The Labute approximate surface area is 124 Å². The summed E-state index contributed by atoms with van der Waals surface area (Å²) in [5, 5.41) is 10.9. The van der Waals surface area contributed by atoms with E-state index in [9.17, 15) is 5.11 Å². The Morgan fingerprint density at radius 2 is 1.81 bits per heavy atom. The van der Waals surface area contributed by atoms with E-state index < -0.39 is 0 Å². The number of aliphatic hydroxyl groups is 1. The van der Waals surface area contributed by atoms with Gasteiger partial charge in [-0.05, 0) is 43.1 Å². The molecule has 1 aromatic carbocycles. The first-order chi connectivity index (χ1) is 10.3. The van der Waals surface area contributed by atoms with E-state index in [0.717, 1.165) is 0 Å². The van der Waals surface area contributed by atoms with Crippen molar-refractivity contribution >= 4 is 0 Å². The van der Waals surface area contributed by atoms with Gasteiger partial charge in [0.25, 0.3) is 0 Å². The Morgan fingerprint density at radius 1 is 1.05 bits per heavy atom. The second-order valence-corrected chi connectivity index (χ2v) is 6.96. The minimum Gasteiger partial charge on any atom is -0.392 e. The highest BCUT2D eigenvalue weighted by molar-refractivity contribution is 5.69. The molecule has 1 N–H and O–H groups in total. The molecular formula is C18H20N2O. The van der Waals surface area contributed by atoms with Crippen LogP contribution in [-0.4, -0.2) is 20.8 Å². The van der Waals surface area contributed by atoms with Gasteiger partial charge in [0.2, 0.25) is 0 Å². The Kier molecular flexibility index (Phi) is 2.40. The molecule has 3 aliphatic carbocycles. The molecule has 0 amide bonds. The first-order valence-electron chi connectivity index (χ1n) is 8.14. The van der Waals surface area contributed by atoms with Gasteiger partial charge in [-0.25, -0.2) is 4.98 Å². The highest BCUT2D eigenvalue weighted by Gasteiger charge is 2.49. The van der Waals surface area contributed by atoms with Crippen LogP contribution in [0.25, 0.3) is 11.3 Å². The van der Waals surface area contributed by atoms with Gasteiger partial charge in [0.05, 0.1) is 30.4 Å². The summed E-state index contributed by atoms with van der Waals surface area (Å²) in [6.45, 7) is 0. The molecule has 1 aliphatic heterocycles. The van der Waals surface area contributed by atoms with Crippen LogP contribution in [0.5, 0.6) is 0 Å². The van der Waals surface area contributed by atoms with Crippen molar-refractivity contribution in [1.82, 2.24) is 9.55 Å². The van der Waals surface area contributed by atoms with Gasteiger partial charge in [-0.3, -0.25) is 0 Å². The van der Waals surface area contributed by atoms with Crippen LogP contribution in [0.15, 0.2) is 36.8 Å². The number of nitrogens with zero attached hydrogens (tertiary/aromatic N) is 2. The first-order valence-corrected chi connectivity index (χ1v) is 8.14. The van der Waals surface area contributed by atoms with Gasteiger partial charge in [0.15, 0.2) is 0 Å². The normalized spacial score (nSPS) is 36.5. The maximum Gasteiger partial charge on any atom is 0.0956 e. The summed E-state index contributed by atoms with van der Waals surface area (Å²) in [6, 6.07) is 8.93. The monoisotopic (exact) mass is 280 g/mol. The van der Waals surface area contributed by atoms with Gasteiger partial charge in [0, 0.05) is 11.5 Å². The number of fused-ring (bicyclic) bond motifs is 6. The maximum atomic E-state index is 10.9. The fourth-order valence-corrected chi connectivity index (χ4v) is 5.17. The molecule has 3 nitrogen and oxygen atoms in total. The standard InChI is InChI=1S/C18H20N2O/c21-18-12-7-5-11(6-8-12)16(18)17-14-4-2-1-3-13(14)15-9-19-10-20(15)17/h1-4,9-12,16-18,21H,5-8H2/t11?,12?,16-,17-,18-/m0/s1. The molecule has 108 valence electrons. The molecule has 2 heterocycles. The van der Waals surface area contributed by atoms with E-state index in [1.807, 2.05) is 12.5 Å². The summed E-state index contributed by atoms with van der Waals surface area (Å²) in [6.07, 6.45) is 8.77. The third kappa shape index (κ3) is 1.50. The lowest BCUT2D eigenvalue weighted by atomic mass is 9.60. The molecule has 6 rings (SSSR count). The number of aliphatic hydroxyl groups excluding tert-OH is 1. The molecule has 21 heavy (non-hydrogen) atoms. The zero-order valence-corrected chi connectivity index (χ0v) is 12.0. The predicted octanol–water partition coefficient (Wildman–Crippen LogP) is 3.25. The van der Waals surface area contributed by atoms with Crippen molar-refractivity contribution in [3.05, 3.63) is 42.4 Å². The second-order valence-electron chi connectivity index (χ2n) is 6.96. The lowest BCUT2D eigenvalue weighted by Gasteiger charge is -2.49. The predicted molar refractivity (Wildman–Crippen MR) is 80.7 cm³/mol. The summed E-state index contributed by atoms with van der Waals surface area (Å²) < 4.78 is 2.30. The van der Waals surface area contributed by atoms with E-state index in [1.54, 1.807) is 0 Å². The van der Waals surface area contributed by atoms with Crippen LogP contribution in [0.1, 0.15) is 37.3 Å². The Balaban J connectivity index is 1.67. The molecule has 0 spiro atoms. The largest absolute Gasteiger partial charge is 0.392 e. The highest BCUT2D eigenvalue weighted by Crippen LogP contribution is 2.54. The van der Waals surface area contributed by atoms with E-state index in [0.29, 0.717) is 17.8 Å². The topological polar surface area (TPSA) is 38.1 Å². The molecule has 2 aromatic rings. The van der Waals surface area contributed by atoms with Crippen molar-refractivity contribution in [2.24, 2.45) is 17.8 Å². The Morgan fingerprint density at radius 3 is 2.62 bits per heavy atom. The van der Waals surface area contributed by atoms with E-state index in [-0.39, 0.29) is 12.1 Å².